The molecule has 13 heteroatoms. The number of carbonyl (C=O) groups is 3. The van der Waals surface area contributed by atoms with Crippen molar-refractivity contribution in [1.82, 2.24) is 25.4 Å². The number of rotatable bonds is 12. The van der Waals surface area contributed by atoms with Gasteiger partial charge in [-0.25, -0.2) is 14.4 Å². The molecule has 4 aromatic rings. The molecule has 2 aliphatic rings. The quantitative estimate of drug-likeness (QED) is 0.196. The number of aliphatic carboxylic acids is 1. The van der Waals surface area contributed by atoms with Crippen LogP contribution in [0.15, 0.2) is 84.9 Å². The van der Waals surface area contributed by atoms with Crippen molar-refractivity contribution >= 4 is 17.8 Å². The molecule has 1 atom stereocenters. The van der Waals surface area contributed by atoms with Crippen LogP contribution in [0.2, 0.25) is 0 Å². The van der Waals surface area contributed by atoms with Crippen molar-refractivity contribution in [3.63, 3.8) is 0 Å². The number of nitrogens with zero attached hydrogens (tertiary/aromatic N) is 4. The third-order valence-corrected chi connectivity index (χ3v) is 11.0. The van der Waals surface area contributed by atoms with Gasteiger partial charge in [-0.3, -0.25) is 29.7 Å². The van der Waals surface area contributed by atoms with Crippen LogP contribution in [0.1, 0.15) is 35.7 Å². The van der Waals surface area contributed by atoms with Crippen molar-refractivity contribution < 1.29 is 38.1 Å². The highest BCUT2D eigenvalue weighted by atomic mass is 19.1. The Kier molecular flexibility index (Phi) is 12.0. The van der Waals surface area contributed by atoms with E-state index in [1.54, 1.807) is 37.2 Å². The van der Waals surface area contributed by atoms with E-state index in [1.807, 2.05) is 69.5 Å². The van der Waals surface area contributed by atoms with E-state index in [-0.39, 0.29) is 17.6 Å². The van der Waals surface area contributed by atoms with Gasteiger partial charge >= 0.3 is 5.97 Å². The van der Waals surface area contributed by atoms with Crippen LogP contribution in [0, 0.1) is 5.82 Å². The van der Waals surface area contributed by atoms with E-state index in [9.17, 15) is 23.9 Å². The molecular formula is C42H48FN5O7. The third-order valence-electron chi connectivity index (χ3n) is 11.0. The molecule has 12 nitrogen and oxygen atoms in total. The Balaban J connectivity index is 1.25. The Morgan fingerprint density at radius 3 is 1.89 bits per heavy atom. The number of amides is 2. The molecule has 290 valence electrons. The molecule has 2 saturated heterocycles. The number of carbonyl (C=O) groups excluding carboxylic acids is 2. The number of carboxylic acid groups (broad SMARTS) is 1. The summed E-state index contributed by atoms with van der Waals surface area (Å²) in [6.07, 6.45) is 0.896. The Hall–Kier alpha value is -5.50. The molecule has 2 heterocycles. The molecule has 2 fully saturated rings. The molecule has 0 bridgehead atoms. The van der Waals surface area contributed by atoms with Crippen molar-refractivity contribution in [3.8, 4) is 39.5 Å². The maximum absolute atomic E-state index is 14.6. The van der Waals surface area contributed by atoms with Gasteiger partial charge in [-0.05, 0) is 60.2 Å². The molecule has 0 saturated carbocycles. The lowest BCUT2D eigenvalue weighted by Crippen LogP contribution is -2.61. The zero-order chi connectivity index (χ0) is 39.3. The summed E-state index contributed by atoms with van der Waals surface area (Å²) in [6.45, 7) is 4.56. The Morgan fingerprint density at radius 1 is 0.782 bits per heavy atom. The fourth-order valence-electron chi connectivity index (χ4n) is 7.59. The molecule has 4 aromatic carbocycles. The van der Waals surface area contributed by atoms with E-state index in [4.69, 9.17) is 14.2 Å². The maximum Gasteiger partial charge on any atom is 0.320 e. The average Bonchev–Trinajstić information content (AvgIpc) is 3.22. The predicted molar refractivity (Wildman–Crippen MR) is 206 cm³/mol. The molecule has 0 spiro atoms. The number of carboxylic acids is 1. The topological polar surface area (TPSA) is 124 Å². The molecule has 1 unspecified atom stereocenters. The van der Waals surface area contributed by atoms with Crippen LogP contribution in [0.5, 0.6) is 17.2 Å². The largest absolute Gasteiger partial charge is 0.493 e. The maximum atomic E-state index is 14.6. The van der Waals surface area contributed by atoms with Crippen molar-refractivity contribution in [2.75, 3.05) is 67.6 Å². The SMILES string of the molecule is COc1cc(C(=O)N(C)N2CCC(C(=O)NN3CCN(C(C)C(=O)O)CC3)(c3ccccc3)CC2)c(-c2ccc(-c3ccc(F)cc3)cc2)c(OC)c1OC. The minimum Gasteiger partial charge on any atom is -0.493 e. The molecule has 2 N–H and O–H groups in total. The van der Waals surface area contributed by atoms with Gasteiger partial charge in [0.25, 0.3) is 5.91 Å². The Bertz CT molecular complexity index is 1980. The van der Waals surface area contributed by atoms with Crippen molar-refractivity contribution in [2.24, 2.45) is 0 Å². The zero-order valence-electron chi connectivity index (χ0n) is 31.9. The van der Waals surface area contributed by atoms with Gasteiger partial charge in [-0.1, -0.05) is 66.7 Å². The van der Waals surface area contributed by atoms with E-state index in [0.29, 0.717) is 86.0 Å². The lowest BCUT2D eigenvalue weighted by molar-refractivity contribution is -0.145. The van der Waals surface area contributed by atoms with E-state index in [1.165, 1.54) is 33.5 Å². The number of ether oxygens (including phenoxy) is 3. The predicted octanol–water partition coefficient (Wildman–Crippen LogP) is 5.33. The number of hydrogen-bond acceptors (Lipinski definition) is 9. The van der Waals surface area contributed by atoms with Gasteiger partial charge in [0.15, 0.2) is 11.5 Å². The van der Waals surface area contributed by atoms with Gasteiger partial charge < -0.3 is 19.3 Å². The normalized spacial score (nSPS) is 16.8. The summed E-state index contributed by atoms with van der Waals surface area (Å²) in [7, 11) is 6.25. The number of piperazine rings is 1. The fraction of sp³-hybridized carbons (Fsp3) is 0.357. The first-order chi connectivity index (χ1) is 26.5. The van der Waals surface area contributed by atoms with Crippen LogP contribution in [-0.4, -0.2) is 117 Å². The fourth-order valence-corrected chi connectivity index (χ4v) is 7.59. The molecule has 0 radical (unpaired) electrons. The lowest BCUT2D eigenvalue weighted by atomic mass is 9.72. The number of hydrogen-bond donors (Lipinski definition) is 2. The molecule has 2 amide bonds. The van der Waals surface area contributed by atoms with Crippen LogP contribution in [-0.2, 0) is 15.0 Å². The average molecular weight is 754 g/mol. The second kappa shape index (κ2) is 16.9. The van der Waals surface area contributed by atoms with Crippen LogP contribution < -0.4 is 19.6 Å². The number of benzene rings is 4. The summed E-state index contributed by atoms with van der Waals surface area (Å²) in [6, 6.07) is 24.6. The van der Waals surface area contributed by atoms with Crippen molar-refractivity contribution in [2.45, 2.75) is 31.2 Å². The van der Waals surface area contributed by atoms with Gasteiger partial charge in [0.05, 0.1) is 32.3 Å². The summed E-state index contributed by atoms with van der Waals surface area (Å²) >= 11 is 0. The first-order valence-electron chi connectivity index (χ1n) is 18.3. The van der Waals surface area contributed by atoms with E-state index >= 15 is 0 Å². The molecule has 6 rings (SSSR count). The molecule has 55 heavy (non-hydrogen) atoms. The minimum atomic E-state index is -0.866. The van der Waals surface area contributed by atoms with Gasteiger partial charge in [-0.15, -0.1) is 0 Å². The second-order valence-electron chi connectivity index (χ2n) is 13.9. The van der Waals surface area contributed by atoms with Gasteiger partial charge in [0.2, 0.25) is 11.7 Å². The van der Waals surface area contributed by atoms with E-state index < -0.39 is 17.4 Å². The molecule has 0 aliphatic carbocycles. The molecule has 0 aromatic heterocycles. The Labute approximate surface area is 320 Å². The lowest BCUT2D eigenvalue weighted by Gasteiger charge is -2.45. The number of methoxy groups -OCH3 is 3. The highest BCUT2D eigenvalue weighted by Crippen LogP contribution is 2.47. The summed E-state index contributed by atoms with van der Waals surface area (Å²) in [4.78, 5) is 42.3. The zero-order valence-corrected chi connectivity index (χ0v) is 31.9. The van der Waals surface area contributed by atoms with Crippen LogP contribution in [0.25, 0.3) is 22.3 Å². The van der Waals surface area contributed by atoms with Crippen LogP contribution in [0.4, 0.5) is 4.39 Å². The molecular weight excluding hydrogens is 705 g/mol. The number of nitrogens with one attached hydrogen (secondary N) is 1. The van der Waals surface area contributed by atoms with Crippen molar-refractivity contribution in [1.29, 1.82) is 0 Å². The number of hydrazine groups is 2. The molecule has 2 aliphatic heterocycles. The summed E-state index contributed by atoms with van der Waals surface area (Å²) in [5, 5.41) is 14.9. The smallest absolute Gasteiger partial charge is 0.320 e. The summed E-state index contributed by atoms with van der Waals surface area (Å²) in [5.41, 5.74) is 6.49. The van der Waals surface area contributed by atoms with Crippen molar-refractivity contribution in [3.05, 3.63) is 102 Å². The van der Waals surface area contributed by atoms with Gasteiger partial charge in [0, 0.05) is 51.9 Å². The third kappa shape index (κ3) is 8.00. The van der Waals surface area contributed by atoms with E-state index in [2.05, 4.69) is 5.43 Å². The van der Waals surface area contributed by atoms with Crippen LogP contribution >= 0.6 is 0 Å². The Morgan fingerprint density at radius 2 is 1.35 bits per heavy atom. The monoisotopic (exact) mass is 753 g/mol. The second-order valence-corrected chi connectivity index (χ2v) is 13.9. The highest BCUT2D eigenvalue weighted by molar-refractivity contribution is 6.04. The summed E-state index contributed by atoms with van der Waals surface area (Å²) < 4.78 is 30.9. The van der Waals surface area contributed by atoms with E-state index in [0.717, 1.165) is 16.7 Å². The number of piperidine rings is 1. The highest BCUT2D eigenvalue weighted by Gasteiger charge is 2.45. The number of halogens is 1. The minimum absolute atomic E-state index is 0.122. The summed E-state index contributed by atoms with van der Waals surface area (Å²) in [5.74, 6) is -0.593. The standard InChI is InChI=1S/C42H48FN5O7/c1-28(40(50)51)46-23-25-47(26-24-46)44-41(52)42(32-9-7-6-8-10-32)19-21-48(22-20-42)45(2)39(49)34-27-35(53-3)37(54-4)38(55-5)36(34)31-13-11-29(12-14-31)30-15-17-33(43)18-16-30/h6-18,27-28H,19-26H2,1-5H3,(H,44,52)(H,50,51). The van der Waals surface area contributed by atoms with Gasteiger partial charge in [0.1, 0.15) is 11.9 Å². The first kappa shape index (κ1) is 39.2. The van der Waals surface area contributed by atoms with Gasteiger partial charge in [-0.2, -0.15) is 0 Å². The first-order valence-corrected chi connectivity index (χ1v) is 18.3. The van der Waals surface area contributed by atoms with Crippen LogP contribution in [0.3, 0.4) is 0 Å².